The van der Waals surface area contributed by atoms with Crippen LogP contribution in [0.25, 0.3) is 5.76 Å². The summed E-state index contributed by atoms with van der Waals surface area (Å²) in [4.78, 5) is 0. The van der Waals surface area contributed by atoms with Gasteiger partial charge in [-0.1, -0.05) is 30.8 Å². The minimum Gasteiger partial charge on any atom is -0.508 e. The van der Waals surface area contributed by atoms with Crippen molar-refractivity contribution in [2.24, 2.45) is 0 Å². The summed E-state index contributed by atoms with van der Waals surface area (Å²) in [6, 6.07) is 8.83. The Bertz CT molecular complexity index is 686. The highest BCUT2D eigenvalue weighted by atomic mass is 16.5. The fourth-order valence-corrected chi connectivity index (χ4v) is 3.86. The van der Waals surface area contributed by atoms with Crippen molar-refractivity contribution in [2.45, 2.75) is 76.9 Å². The van der Waals surface area contributed by atoms with Crippen molar-refractivity contribution in [1.29, 1.82) is 0 Å². The second kappa shape index (κ2) is 9.04. The van der Waals surface area contributed by atoms with E-state index in [1.807, 2.05) is 12.1 Å². The Kier molecular flexibility index (Phi) is 6.71. The summed E-state index contributed by atoms with van der Waals surface area (Å²) in [6.07, 6.45) is 7.20. The van der Waals surface area contributed by atoms with Gasteiger partial charge >= 0.3 is 0 Å². The lowest BCUT2D eigenvalue weighted by Gasteiger charge is -2.30. The van der Waals surface area contributed by atoms with Gasteiger partial charge in [-0.15, -0.1) is 0 Å². The second-order valence-electron chi connectivity index (χ2n) is 9.15. The average molecular weight is 385 g/mol. The number of hydrogen-bond donors (Lipinski definition) is 3. The van der Waals surface area contributed by atoms with Crippen molar-refractivity contribution < 1.29 is 9.84 Å². The first kappa shape index (κ1) is 20.8. The number of aliphatic hydroxyl groups is 1. The molecule has 0 aliphatic heterocycles. The van der Waals surface area contributed by atoms with E-state index in [2.05, 4.69) is 50.1 Å². The summed E-state index contributed by atoms with van der Waals surface area (Å²) in [5.41, 5.74) is 3.46. The van der Waals surface area contributed by atoms with Gasteiger partial charge in [0.2, 0.25) is 0 Å². The van der Waals surface area contributed by atoms with Crippen LogP contribution in [0.4, 0.5) is 0 Å². The van der Waals surface area contributed by atoms with Gasteiger partial charge in [-0.2, -0.15) is 0 Å². The Morgan fingerprint density at radius 1 is 1.07 bits per heavy atom. The largest absolute Gasteiger partial charge is 0.508 e. The third-order valence-corrected chi connectivity index (χ3v) is 5.52. The molecule has 0 heterocycles. The molecule has 3 N–H and O–H groups in total. The zero-order chi connectivity index (χ0) is 20.1. The molecule has 0 spiro atoms. The van der Waals surface area contributed by atoms with Crippen molar-refractivity contribution in [2.75, 3.05) is 13.1 Å². The van der Waals surface area contributed by atoms with E-state index in [-0.39, 0.29) is 11.4 Å². The monoisotopic (exact) mass is 384 g/mol. The Balaban J connectivity index is 1.37. The molecule has 2 saturated carbocycles. The van der Waals surface area contributed by atoms with Gasteiger partial charge in [0.15, 0.2) is 5.88 Å². The number of rotatable bonds is 8. The molecule has 2 aliphatic carbocycles. The van der Waals surface area contributed by atoms with Crippen LogP contribution < -0.4 is 10.6 Å². The lowest BCUT2D eigenvalue weighted by atomic mass is 9.81. The van der Waals surface area contributed by atoms with Gasteiger partial charge in [0.1, 0.15) is 11.4 Å². The molecule has 3 rings (SSSR count). The Labute approximate surface area is 170 Å². The van der Waals surface area contributed by atoms with Crippen molar-refractivity contribution in [3.8, 4) is 0 Å². The van der Waals surface area contributed by atoms with Crippen molar-refractivity contribution in [1.82, 2.24) is 10.6 Å². The zero-order valence-electron chi connectivity index (χ0n) is 17.7. The summed E-state index contributed by atoms with van der Waals surface area (Å²) in [7, 11) is 0. The summed E-state index contributed by atoms with van der Waals surface area (Å²) in [6.45, 7) is 11.8. The molecule has 0 radical (unpaired) electrons. The molecular weight excluding hydrogens is 348 g/mol. The summed E-state index contributed by atoms with van der Waals surface area (Å²) >= 11 is 0. The molecule has 1 aromatic carbocycles. The zero-order valence-corrected chi connectivity index (χ0v) is 17.7. The number of aliphatic hydroxyl groups excluding tert-OH is 1. The maximum Gasteiger partial charge on any atom is 0.186 e. The number of allylic oxidation sites excluding steroid dienone is 1. The average Bonchev–Trinajstić information content (AvgIpc) is 3.49. The summed E-state index contributed by atoms with van der Waals surface area (Å²) in [5.74, 6) is 1.78. The lowest BCUT2D eigenvalue weighted by Crippen LogP contribution is -2.38. The number of hydrogen-bond acceptors (Lipinski definition) is 4. The van der Waals surface area contributed by atoms with Crippen LogP contribution in [0.3, 0.4) is 0 Å². The van der Waals surface area contributed by atoms with E-state index >= 15 is 0 Å². The van der Waals surface area contributed by atoms with Gasteiger partial charge in [-0.05, 0) is 76.4 Å². The molecule has 0 amide bonds. The second-order valence-corrected chi connectivity index (χ2v) is 9.15. The Morgan fingerprint density at radius 2 is 1.71 bits per heavy atom. The quantitative estimate of drug-likeness (QED) is 0.424. The molecule has 154 valence electrons. The highest BCUT2D eigenvalue weighted by Crippen LogP contribution is 2.34. The molecule has 0 aromatic heterocycles. The van der Waals surface area contributed by atoms with E-state index < -0.39 is 0 Å². The maximum atomic E-state index is 9.47. The first-order valence-electron chi connectivity index (χ1n) is 10.7. The van der Waals surface area contributed by atoms with Crippen LogP contribution in [-0.4, -0.2) is 29.8 Å². The predicted molar refractivity (Wildman–Crippen MR) is 116 cm³/mol. The standard InChI is InChI=1S/C24H36N2O2/c1-17(27)18-5-7-19(8-6-18)20-11-13-22(14-12-20)25-15-16-26-23(21-9-10-21)28-24(2,3)4/h5-8,20,22,25-27H,1,9-16H2,2-4H3. The Hall–Kier alpha value is -1.94. The number of ether oxygens (including phenoxy) is 1. The van der Waals surface area contributed by atoms with Crippen molar-refractivity contribution >= 4 is 5.76 Å². The molecule has 4 heteroatoms. The van der Waals surface area contributed by atoms with Gasteiger partial charge in [-0.3, -0.25) is 0 Å². The highest BCUT2D eigenvalue weighted by molar-refractivity contribution is 5.56. The van der Waals surface area contributed by atoms with E-state index in [1.165, 1.54) is 49.7 Å². The van der Waals surface area contributed by atoms with E-state index in [0.717, 1.165) is 24.5 Å². The fraction of sp³-hybridized carbons (Fsp3) is 0.583. The van der Waals surface area contributed by atoms with Gasteiger partial charge in [-0.25, -0.2) is 0 Å². The highest BCUT2D eigenvalue weighted by Gasteiger charge is 2.24. The summed E-state index contributed by atoms with van der Waals surface area (Å²) < 4.78 is 6.06. The maximum absolute atomic E-state index is 9.47. The van der Waals surface area contributed by atoms with Crippen LogP contribution in [0.15, 0.2) is 42.3 Å². The first-order valence-corrected chi connectivity index (χ1v) is 10.7. The van der Waals surface area contributed by atoms with Crippen molar-refractivity contribution in [3.63, 3.8) is 0 Å². The normalized spacial score (nSPS) is 21.9. The van der Waals surface area contributed by atoms with E-state index in [1.54, 1.807) is 0 Å². The van der Waals surface area contributed by atoms with Gasteiger partial charge in [0, 0.05) is 24.7 Å². The van der Waals surface area contributed by atoms with Crippen LogP contribution in [0, 0.1) is 0 Å². The van der Waals surface area contributed by atoms with E-state index in [9.17, 15) is 5.11 Å². The van der Waals surface area contributed by atoms with Crippen LogP contribution in [-0.2, 0) is 4.74 Å². The van der Waals surface area contributed by atoms with Gasteiger partial charge < -0.3 is 20.5 Å². The molecule has 28 heavy (non-hydrogen) atoms. The number of benzene rings is 1. The molecule has 0 saturated heterocycles. The SMILES string of the molecule is C=C(O)c1ccc(C2CCC(NCCNC(OC(C)(C)C)=C3CC3)CC2)cc1. The first-order chi connectivity index (χ1) is 13.3. The predicted octanol–water partition coefficient (Wildman–Crippen LogP) is 5.24. The molecule has 4 nitrogen and oxygen atoms in total. The van der Waals surface area contributed by atoms with Crippen LogP contribution in [0.1, 0.15) is 76.3 Å². The minimum atomic E-state index is -0.146. The van der Waals surface area contributed by atoms with Crippen LogP contribution >= 0.6 is 0 Å². The topological polar surface area (TPSA) is 53.5 Å². The summed E-state index contributed by atoms with van der Waals surface area (Å²) in [5, 5.41) is 16.7. The van der Waals surface area contributed by atoms with Gasteiger partial charge in [0.05, 0.1) is 0 Å². The van der Waals surface area contributed by atoms with Gasteiger partial charge in [0.25, 0.3) is 0 Å². The molecule has 1 aromatic rings. The van der Waals surface area contributed by atoms with Crippen molar-refractivity contribution in [3.05, 3.63) is 53.4 Å². The number of nitrogens with one attached hydrogen (secondary N) is 2. The fourth-order valence-electron chi connectivity index (χ4n) is 3.86. The Morgan fingerprint density at radius 3 is 2.25 bits per heavy atom. The lowest BCUT2D eigenvalue weighted by molar-refractivity contribution is 0.0395. The molecule has 2 aliphatic rings. The third-order valence-electron chi connectivity index (χ3n) is 5.52. The molecule has 0 atom stereocenters. The molecule has 0 unspecified atom stereocenters. The molecular formula is C24H36N2O2. The van der Waals surface area contributed by atoms with E-state index in [4.69, 9.17) is 4.74 Å². The minimum absolute atomic E-state index is 0.140. The van der Waals surface area contributed by atoms with Crippen LogP contribution in [0.2, 0.25) is 0 Å². The molecule has 0 bridgehead atoms. The van der Waals surface area contributed by atoms with Crippen LogP contribution in [0.5, 0.6) is 0 Å². The third kappa shape index (κ3) is 6.30. The smallest absolute Gasteiger partial charge is 0.186 e. The van der Waals surface area contributed by atoms with E-state index in [0.29, 0.717) is 12.0 Å². The molecule has 2 fully saturated rings.